The Morgan fingerprint density at radius 2 is 1.77 bits per heavy atom. The van der Waals surface area contributed by atoms with Gasteiger partial charge in [-0.15, -0.1) is 0 Å². The first-order valence-electron chi connectivity index (χ1n) is 9.95. The van der Waals surface area contributed by atoms with Crippen molar-refractivity contribution >= 4 is 23.4 Å². The molecule has 0 saturated carbocycles. The van der Waals surface area contributed by atoms with Crippen molar-refractivity contribution in [2.45, 2.75) is 38.8 Å². The van der Waals surface area contributed by atoms with Gasteiger partial charge in [-0.1, -0.05) is 30.3 Å². The third-order valence-electron chi connectivity index (χ3n) is 5.01. The molecule has 7 heteroatoms. The van der Waals surface area contributed by atoms with Crippen molar-refractivity contribution in [3.05, 3.63) is 60.2 Å². The van der Waals surface area contributed by atoms with Crippen LogP contribution in [0.15, 0.2) is 54.6 Å². The van der Waals surface area contributed by atoms with E-state index >= 15 is 0 Å². The third-order valence-corrected chi connectivity index (χ3v) is 5.01. The van der Waals surface area contributed by atoms with Gasteiger partial charge in [-0.25, -0.2) is 4.79 Å². The molecule has 3 rings (SSSR count). The molecule has 0 aliphatic carbocycles. The number of benzene rings is 2. The van der Waals surface area contributed by atoms with E-state index in [1.165, 1.54) is 4.90 Å². The fraction of sp³-hybridized carbons (Fsp3) is 0.348. The van der Waals surface area contributed by atoms with E-state index in [2.05, 4.69) is 0 Å². The highest BCUT2D eigenvalue weighted by molar-refractivity contribution is 6.14. The van der Waals surface area contributed by atoms with E-state index < -0.39 is 18.2 Å². The summed E-state index contributed by atoms with van der Waals surface area (Å²) in [5, 5.41) is 10.3. The molecule has 158 valence electrons. The lowest BCUT2D eigenvalue weighted by molar-refractivity contribution is -0.128. The van der Waals surface area contributed by atoms with Crippen molar-refractivity contribution in [2.24, 2.45) is 0 Å². The standard InChI is InChI=1S/C23H26N2O5/c1-16(26)8-9-18-10-12-21(13-11-18)30-15-20(27)14-24-22(28)17(2)25(23(24)29)19-6-4-3-5-7-19/h3-7,10-13,17,20,27H,8-9,14-15H2,1-2H3. The molecule has 30 heavy (non-hydrogen) atoms. The number of aryl methyl sites for hydroxylation is 1. The highest BCUT2D eigenvalue weighted by atomic mass is 16.5. The summed E-state index contributed by atoms with van der Waals surface area (Å²) >= 11 is 0. The van der Waals surface area contributed by atoms with E-state index in [4.69, 9.17) is 4.74 Å². The number of anilines is 1. The number of β-amino-alcohol motifs (C(OH)–C–C–N with tert-alkyl or cyclic N) is 1. The summed E-state index contributed by atoms with van der Waals surface area (Å²) < 4.78 is 5.59. The van der Waals surface area contributed by atoms with Gasteiger partial charge in [-0.3, -0.25) is 14.6 Å². The summed E-state index contributed by atoms with van der Waals surface area (Å²) in [6.45, 7) is 3.05. The maximum absolute atomic E-state index is 12.7. The number of aliphatic hydroxyl groups is 1. The first kappa shape index (κ1) is 21.5. The summed E-state index contributed by atoms with van der Waals surface area (Å²) in [5.41, 5.74) is 1.67. The van der Waals surface area contributed by atoms with Crippen LogP contribution in [-0.4, -0.2) is 53.0 Å². The molecular formula is C23H26N2O5. The van der Waals surface area contributed by atoms with Crippen molar-refractivity contribution in [1.82, 2.24) is 4.90 Å². The predicted octanol–water partition coefficient (Wildman–Crippen LogP) is 2.81. The fourth-order valence-electron chi connectivity index (χ4n) is 3.35. The zero-order chi connectivity index (χ0) is 21.7. The Balaban J connectivity index is 1.54. The van der Waals surface area contributed by atoms with Gasteiger partial charge < -0.3 is 14.6 Å². The number of imide groups is 1. The number of urea groups is 1. The van der Waals surface area contributed by atoms with Crippen molar-refractivity contribution in [1.29, 1.82) is 0 Å². The van der Waals surface area contributed by atoms with Gasteiger partial charge in [0.05, 0.1) is 6.54 Å². The van der Waals surface area contributed by atoms with Crippen LogP contribution in [0.25, 0.3) is 0 Å². The normalized spacial score (nSPS) is 17.4. The van der Waals surface area contributed by atoms with Crippen LogP contribution in [0.4, 0.5) is 10.5 Å². The lowest BCUT2D eigenvalue weighted by Gasteiger charge is -2.20. The van der Waals surface area contributed by atoms with Gasteiger partial charge in [0.25, 0.3) is 5.91 Å². The molecule has 0 spiro atoms. The van der Waals surface area contributed by atoms with Gasteiger partial charge in [-0.05, 0) is 50.1 Å². The maximum Gasteiger partial charge on any atom is 0.332 e. The van der Waals surface area contributed by atoms with Crippen LogP contribution >= 0.6 is 0 Å². The van der Waals surface area contributed by atoms with E-state index in [9.17, 15) is 19.5 Å². The highest BCUT2D eigenvalue weighted by Gasteiger charge is 2.43. The molecule has 7 nitrogen and oxygen atoms in total. The summed E-state index contributed by atoms with van der Waals surface area (Å²) in [5.74, 6) is 0.362. The number of rotatable bonds is 9. The largest absolute Gasteiger partial charge is 0.491 e. The smallest absolute Gasteiger partial charge is 0.332 e. The van der Waals surface area contributed by atoms with Gasteiger partial charge in [0.2, 0.25) is 0 Å². The minimum Gasteiger partial charge on any atom is -0.491 e. The van der Waals surface area contributed by atoms with Crippen molar-refractivity contribution in [3.8, 4) is 5.75 Å². The van der Waals surface area contributed by atoms with Gasteiger partial charge in [0.1, 0.15) is 30.3 Å². The second-order valence-corrected chi connectivity index (χ2v) is 7.42. The molecule has 2 unspecified atom stereocenters. The van der Waals surface area contributed by atoms with Crippen LogP contribution < -0.4 is 9.64 Å². The van der Waals surface area contributed by atoms with Crippen LogP contribution in [0, 0.1) is 0 Å². The Kier molecular flexibility index (Phi) is 6.84. The number of ether oxygens (including phenoxy) is 1. The molecule has 1 N–H and O–H groups in total. The van der Waals surface area contributed by atoms with Crippen molar-refractivity contribution in [2.75, 3.05) is 18.1 Å². The van der Waals surface area contributed by atoms with Crippen LogP contribution in [0.3, 0.4) is 0 Å². The summed E-state index contributed by atoms with van der Waals surface area (Å²) in [6.07, 6.45) is 0.154. The molecule has 0 radical (unpaired) electrons. The lowest BCUT2D eigenvalue weighted by Crippen LogP contribution is -2.40. The average Bonchev–Trinajstić information content (AvgIpc) is 2.95. The third kappa shape index (κ3) is 5.04. The number of amides is 3. The molecule has 2 atom stereocenters. The Labute approximate surface area is 175 Å². The van der Waals surface area contributed by atoms with E-state index in [1.54, 1.807) is 50.2 Å². The molecule has 2 aromatic rings. The van der Waals surface area contributed by atoms with Crippen LogP contribution in [0.5, 0.6) is 5.75 Å². The summed E-state index contributed by atoms with van der Waals surface area (Å²) in [4.78, 5) is 38.8. The molecule has 1 heterocycles. The zero-order valence-electron chi connectivity index (χ0n) is 17.2. The monoisotopic (exact) mass is 410 g/mol. The van der Waals surface area contributed by atoms with E-state index in [0.717, 1.165) is 10.5 Å². The molecule has 1 fully saturated rings. The number of Topliss-reactive ketones (excluding diaryl/α,β-unsaturated/α-hetero) is 1. The van der Waals surface area contributed by atoms with Gasteiger partial charge >= 0.3 is 6.03 Å². The molecule has 1 saturated heterocycles. The van der Waals surface area contributed by atoms with Gasteiger partial charge in [0, 0.05) is 12.1 Å². The van der Waals surface area contributed by atoms with Crippen LogP contribution in [0.1, 0.15) is 25.8 Å². The number of hydrogen-bond donors (Lipinski definition) is 1. The highest BCUT2D eigenvalue weighted by Crippen LogP contribution is 2.25. The molecule has 1 aliphatic rings. The minimum atomic E-state index is -1.02. The second-order valence-electron chi connectivity index (χ2n) is 7.42. The summed E-state index contributed by atoms with van der Waals surface area (Å²) in [6, 6.07) is 15.2. The minimum absolute atomic E-state index is 0.0520. The molecule has 2 aromatic carbocycles. The second kappa shape index (κ2) is 9.54. The quantitative estimate of drug-likeness (QED) is 0.643. The van der Waals surface area contributed by atoms with Gasteiger partial charge in [-0.2, -0.15) is 0 Å². The zero-order valence-corrected chi connectivity index (χ0v) is 17.2. The maximum atomic E-state index is 12.7. The Morgan fingerprint density at radius 1 is 1.10 bits per heavy atom. The number of aliphatic hydroxyl groups excluding tert-OH is 1. The topological polar surface area (TPSA) is 87.2 Å². The Morgan fingerprint density at radius 3 is 2.40 bits per heavy atom. The number of hydrogen-bond acceptors (Lipinski definition) is 5. The first-order chi connectivity index (χ1) is 14.4. The molecule has 3 amide bonds. The number of para-hydroxylation sites is 1. The van der Waals surface area contributed by atoms with Crippen molar-refractivity contribution < 1.29 is 24.2 Å². The predicted molar refractivity (Wildman–Crippen MR) is 112 cm³/mol. The fourth-order valence-corrected chi connectivity index (χ4v) is 3.35. The van der Waals surface area contributed by atoms with Crippen LogP contribution in [0.2, 0.25) is 0 Å². The number of carbonyl (C=O) groups excluding carboxylic acids is 3. The molecule has 0 bridgehead atoms. The Hall–Kier alpha value is -3.19. The molecular weight excluding hydrogens is 384 g/mol. The van der Waals surface area contributed by atoms with E-state index in [1.807, 2.05) is 18.2 Å². The lowest BCUT2D eigenvalue weighted by atomic mass is 10.1. The number of carbonyl (C=O) groups is 3. The van der Waals surface area contributed by atoms with E-state index in [-0.39, 0.29) is 24.8 Å². The molecule has 0 aromatic heterocycles. The summed E-state index contributed by atoms with van der Waals surface area (Å²) in [7, 11) is 0. The van der Waals surface area contributed by atoms with E-state index in [0.29, 0.717) is 24.3 Å². The SMILES string of the molecule is CC(=O)CCc1ccc(OCC(O)CN2C(=O)C(C)N(c3ccccc3)C2=O)cc1. The Bertz CT molecular complexity index is 898. The van der Waals surface area contributed by atoms with Crippen LogP contribution in [-0.2, 0) is 16.0 Å². The average molecular weight is 410 g/mol. The number of ketones is 1. The molecule has 1 aliphatic heterocycles. The number of nitrogens with zero attached hydrogens (tertiary/aromatic N) is 2. The van der Waals surface area contributed by atoms with Crippen molar-refractivity contribution in [3.63, 3.8) is 0 Å². The van der Waals surface area contributed by atoms with Gasteiger partial charge in [0.15, 0.2) is 0 Å². The first-order valence-corrected chi connectivity index (χ1v) is 9.95.